The highest BCUT2D eigenvalue weighted by atomic mass is 32.2. The van der Waals surface area contributed by atoms with Crippen molar-refractivity contribution in [3.8, 4) is 11.1 Å². The Bertz CT molecular complexity index is 569. The minimum Gasteiger partial charge on any atom is -0.385 e. The number of methoxy groups -OCH3 is 1. The number of rotatable bonds is 8. The van der Waals surface area contributed by atoms with Crippen LogP contribution in [0.1, 0.15) is 6.42 Å². The Labute approximate surface area is 136 Å². The van der Waals surface area contributed by atoms with Gasteiger partial charge in [-0.2, -0.15) is 0 Å². The molecule has 2 aromatic carbocycles. The molecule has 0 unspecified atom stereocenters. The SMILES string of the molecule is COCCCNC(=O)CSc1ccc(-c2ccccc2)cc1. The Morgan fingerprint density at radius 3 is 2.41 bits per heavy atom. The number of hydrogen-bond acceptors (Lipinski definition) is 3. The van der Waals surface area contributed by atoms with Crippen LogP contribution >= 0.6 is 11.8 Å². The van der Waals surface area contributed by atoms with Crippen LogP contribution in [0.3, 0.4) is 0 Å². The number of hydrogen-bond donors (Lipinski definition) is 1. The second-order valence-corrected chi connectivity index (χ2v) is 5.92. The molecule has 0 aliphatic heterocycles. The molecule has 0 aliphatic carbocycles. The maximum absolute atomic E-state index is 11.7. The number of nitrogens with one attached hydrogen (secondary N) is 1. The topological polar surface area (TPSA) is 38.3 Å². The van der Waals surface area contributed by atoms with Gasteiger partial charge in [0.15, 0.2) is 0 Å². The van der Waals surface area contributed by atoms with Crippen molar-refractivity contribution in [3.63, 3.8) is 0 Å². The Morgan fingerprint density at radius 2 is 1.73 bits per heavy atom. The quantitative estimate of drug-likeness (QED) is 0.597. The predicted molar refractivity (Wildman–Crippen MR) is 92.1 cm³/mol. The summed E-state index contributed by atoms with van der Waals surface area (Å²) in [6, 6.07) is 18.6. The van der Waals surface area contributed by atoms with Crippen molar-refractivity contribution < 1.29 is 9.53 Å². The van der Waals surface area contributed by atoms with Crippen LogP contribution in [0.2, 0.25) is 0 Å². The fourth-order valence-corrected chi connectivity index (χ4v) is 2.75. The highest BCUT2D eigenvalue weighted by molar-refractivity contribution is 8.00. The molecule has 0 fully saturated rings. The monoisotopic (exact) mass is 315 g/mol. The van der Waals surface area contributed by atoms with Crippen LogP contribution in [0.15, 0.2) is 59.5 Å². The van der Waals surface area contributed by atoms with Gasteiger partial charge in [-0.25, -0.2) is 0 Å². The molecule has 2 aromatic rings. The van der Waals surface area contributed by atoms with Crippen molar-refractivity contribution in [1.82, 2.24) is 5.32 Å². The van der Waals surface area contributed by atoms with E-state index in [1.54, 1.807) is 18.9 Å². The molecule has 0 radical (unpaired) electrons. The van der Waals surface area contributed by atoms with E-state index in [0.29, 0.717) is 18.9 Å². The van der Waals surface area contributed by atoms with Crippen LogP contribution in [0.4, 0.5) is 0 Å². The summed E-state index contributed by atoms with van der Waals surface area (Å²) in [6.07, 6.45) is 0.846. The Hall–Kier alpha value is -1.78. The fourth-order valence-electron chi connectivity index (χ4n) is 2.02. The molecule has 0 atom stereocenters. The average Bonchev–Trinajstić information content (AvgIpc) is 2.58. The summed E-state index contributed by atoms with van der Waals surface area (Å²) in [5.74, 6) is 0.505. The van der Waals surface area contributed by atoms with Gasteiger partial charge >= 0.3 is 0 Å². The maximum Gasteiger partial charge on any atom is 0.230 e. The number of thioether (sulfide) groups is 1. The van der Waals surface area contributed by atoms with Crippen molar-refractivity contribution in [2.45, 2.75) is 11.3 Å². The van der Waals surface area contributed by atoms with Gasteiger partial charge in [0.05, 0.1) is 5.75 Å². The zero-order valence-corrected chi connectivity index (χ0v) is 13.6. The van der Waals surface area contributed by atoms with Crippen LogP contribution < -0.4 is 5.32 Å². The zero-order valence-electron chi connectivity index (χ0n) is 12.7. The summed E-state index contributed by atoms with van der Waals surface area (Å²) in [5.41, 5.74) is 2.39. The number of carbonyl (C=O) groups is 1. The third-order valence-electron chi connectivity index (χ3n) is 3.18. The summed E-state index contributed by atoms with van der Waals surface area (Å²) in [5, 5.41) is 2.89. The first-order valence-corrected chi connectivity index (χ1v) is 8.32. The Balaban J connectivity index is 1.78. The van der Waals surface area contributed by atoms with Crippen molar-refractivity contribution in [2.75, 3.05) is 26.0 Å². The molecule has 2 rings (SSSR count). The molecule has 4 heteroatoms. The van der Waals surface area contributed by atoms with Crippen LogP contribution in [0.5, 0.6) is 0 Å². The Morgan fingerprint density at radius 1 is 1.05 bits per heavy atom. The largest absolute Gasteiger partial charge is 0.385 e. The molecule has 0 saturated carbocycles. The third kappa shape index (κ3) is 5.54. The van der Waals surface area contributed by atoms with E-state index in [1.165, 1.54) is 11.1 Å². The van der Waals surface area contributed by atoms with Crippen molar-refractivity contribution in [1.29, 1.82) is 0 Å². The second-order valence-electron chi connectivity index (χ2n) is 4.88. The van der Waals surface area contributed by atoms with Gasteiger partial charge in [-0.1, -0.05) is 42.5 Å². The molecule has 22 heavy (non-hydrogen) atoms. The lowest BCUT2D eigenvalue weighted by atomic mass is 10.1. The van der Waals surface area contributed by atoms with E-state index in [2.05, 4.69) is 41.7 Å². The summed E-state index contributed by atoms with van der Waals surface area (Å²) in [7, 11) is 1.66. The van der Waals surface area contributed by atoms with Crippen molar-refractivity contribution in [2.24, 2.45) is 0 Å². The highest BCUT2D eigenvalue weighted by Crippen LogP contribution is 2.23. The highest BCUT2D eigenvalue weighted by Gasteiger charge is 2.03. The summed E-state index contributed by atoms with van der Waals surface area (Å²) in [6.45, 7) is 1.34. The van der Waals surface area contributed by atoms with Gasteiger partial charge in [0.25, 0.3) is 0 Å². The van der Waals surface area contributed by atoms with E-state index in [4.69, 9.17) is 4.74 Å². The van der Waals surface area contributed by atoms with Gasteiger partial charge in [0.2, 0.25) is 5.91 Å². The van der Waals surface area contributed by atoms with Gasteiger partial charge in [-0.05, 0) is 29.7 Å². The first-order chi connectivity index (χ1) is 10.8. The molecule has 116 valence electrons. The molecule has 1 N–H and O–H groups in total. The van der Waals surface area contributed by atoms with Crippen LogP contribution in [-0.2, 0) is 9.53 Å². The molecule has 0 aromatic heterocycles. The van der Waals surface area contributed by atoms with E-state index in [-0.39, 0.29) is 5.91 Å². The van der Waals surface area contributed by atoms with Crippen LogP contribution in [0.25, 0.3) is 11.1 Å². The van der Waals surface area contributed by atoms with Gasteiger partial charge in [-0.3, -0.25) is 4.79 Å². The van der Waals surface area contributed by atoms with Gasteiger partial charge in [-0.15, -0.1) is 11.8 Å². The van der Waals surface area contributed by atoms with Crippen molar-refractivity contribution in [3.05, 3.63) is 54.6 Å². The van der Waals surface area contributed by atoms with E-state index in [9.17, 15) is 4.79 Å². The molecular formula is C18H21NO2S. The minimum absolute atomic E-state index is 0.0632. The van der Waals surface area contributed by atoms with Gasteiger partial charge in [0, 0.05) is 25.2 Å². The predicted octanol–water partition coefficient (Wildman–Crippen LogP) is 3.60. The van der Waals surface area contributed by atoms with Crippen LogP contribution in [-0.4, -0.2) is 31.9 Å². The molecule has 0 spiro atoms. The number of benzene rings is 2. The number of amides is 1. The van der Waals surface area contributed by atoms with E-state index in [0.717, 1.165) is 11.3 Å². The lowest BCUT2D eigenvalue weighted by Gasteiger charge is -2.06. The minimum atomic E-state index is 0.0632. The number of carbonyl (C=O) groups excluding carboxylic acids is 1. The van der Waals surface area contributed by atoms with Crippen LogP contribution in [0, 0.1) is 0 Å². The first kappa shape index (κ1) is 16.6. The second kappa shape index (κ2) is 9.28. The molecule has 1 amide bonds. The van der Waals surface area contributed by atoms with E-state index < -0.39 is 0 Å². The Kier molecular flexibility index (Phi) is 7.00. The average molecular weight is 315 g/mol. The zero-order chi connectivity index (χ0) is 15.6. The number of ether oxygens (including phenoxy) is 1. The molecule has 3 nitrogen and oxygen atoms in total. The fraction of sp³-hybridized carbons (Fsp3) is 0.278. The molecular weight excluding hydrogens is 294 g/mol. The smallest absolute Gasteiger partial charge is 0.230 e. The summed E-state index contributed by atoms with van der Waals surface area (Å²) >= 11 is 1.55. The first-order valence-electron chi connectivity index (χ1n) is 7.33. The molecule has 0 bridgehead atoms. The van der Waals surface area contributed by atoms with Gasteiger partial charge in [0.1, 0.15) is 0 Å². The lowest BCUT2D eigenvalue weighted by Crippen LogP contribution is -2.26. The molecule has 0 heterocycles. The van der Waals surface area contributed by atoms with Gasteiger partial charge < -0.3 is 10.1 Å². The molecule has 0 saturated heterocycles. The van der Waals surface area contributed by atoms with E-state index in [1.807, 2.05) is 18.2 Å². The normalized spacial score (nSPS) is 10.4. The molecule has 0 aliphatic rings. The third-order valence-corrected chi connectivity index (χ3v) is 4.19. The summed E-state index contributed by atoms with van der Waals surface area (Å²) < 4.78 is 4.94. The summed E-state index contributed by atoms with van der Waals surface area (Å²) in [4.78, 5) is 12.8. The van der Waals surface area contributed by atoms with E-state index >= 15 is 0 Å². The maximum atomic E-state index is 11.7. The standard InChI is InChI=1S/C18H21NO2S/c1-21-13-5-12-19-18(20)14-22-17-10-8-16(9-11-17)15-6-3-2-4-7-15/h2-4,6-11H,5,12-14H2,1H3,(H,19,20). The lowest BCUT2D eigenvalue weighted by molar-refractivity contribution is -0.118. The van der Waals surface area contributed by atoms with Crippen molar-refractivity contribution >= 4 is 17.7 Å².